The molecule has 1 aromatic rings. The summed E-state index contributed by atoms with van der Waals surface area (Å²) in [5, 5.41) is 3.23. The molecule has 0 unspecified atom stereocenters. The normalized spacial score (nSPS) is 18.4. The van der Waals surface area contributed by atoms with Gasteiger partial charge in [-0.15, -0.1) is 0 Å². The minimum absolute atomic E-state index is 0.00474. The molecule has 168 valence electrons. The predicted molar refractivity (Wildman–Crippen MR) is 114 cm³/mol. The van der Waals surface area contributed by atoms with Gasteiger partial charge in [0.2, 0.25) is 15.9 Å². The second-order valence-electron chi connectivity index (χ2n) is 7.81. The van der Waals surface area contributed by atoms with Gasteiger partial charge in [0.25, 0.3) is 0 Å². The summed E-state index contributed by atoms with van der Waals surface area (Å²) < 4.78 is 39.6. The van der Waals surface area contributed by atoms with Gasteiger partial charge in [-0.3, -0.25) is 4.79 Å². The van der Waals surface area contributed by atoms with E-state index in [2.05, 4.69) is 5.32 Å². The summed E-state index contributed by atoms with van der Waals surface area (Å²) in [6, 6.07) is 4.69. The highest BCUT2D eigenvalue weighted by atomic mass is 32.2. The van der Waals surface area contributed by atoms with Crippen molar-refractivity contribution in [3.8, 4) is 11.5 Å². The first-order valence-corrected chi connectivity index (χ1v) is 12.1. The lowest BCUT2D eigenvalue weighted by molar-refractivity contribution is -0.131. The number of carbonyl (C=O) groups excluding carboxylic acids is 1. The maximum Gasteiger partial charge on any atom is 0.247 e. The number of amides is 1. The monoisotopic (exact) mass is 439 g/mol. The van der Waals surface area contributed by atoms with Crippen LogP contribution in [0.1, 0.15) is 38.5 Å². The summed E-state index contributed by atoms with van der Waals surface area (Å²) in [4.78, 5) is 14.6. The van der Waals surface area contributed by atoms with Crippen molar-refractivity contribution in [3.63, 3.8) is 0 Å². The van der Waals surface area contributed by atoms with Crippen molar-refractivity contribution in [2.45, 2.75) is 49.5 Å². The lowest BCUT2D eigenvalue weighted by Gasteiger charge is -2.34. The Morgan fingerprint density at radius 1 is 1.13 bits per heavy atom. The molecule has 30 heavy (non-hydrogen) atoms. The molecule has 3 rings (SSSR count). The van der Waals surface area contributed by atoms with E-state index in [4.69, 9.17) is 9.47 Å². The van der Waals surface area contributed by atoms with Crippen molar-refractivity contribution >= 4 is 15.9 Å². The molecule has 1 aliphatic heterocycles. The molecule has 1 saturated carbocycles. The van der Waals surface area contributed by atoms with Crippen LogP contribution in [-0.4, -0.2) is 76.5 Å². The van der Waals surface area contributed by atoms with Gasteiger partial charge in [0.05, 0.1) is 14.2 Å². The number of rotatable bonds is 8. The van der Waals surface area contributed by atoms with E-state index in [0.717, 1.165) is 45.2 Å². The maximum atomic E-state index is 13.7. The van der Waals surface area contributed by atoms with Crippen molar-refractivity contribution in [2.24, 2.45) is 0 Å². The highest BCUT2D eigenvalue weighted by Gasteiger charge is 2.35. The van der Waals surface area contributed by atoms with Crippen molar-refractivity contribution in [2.75, 3.05) is 46.9 Å². The fourth-order valence-electron chi connectivity index (χ4n) is 4.26. The van der Waals surface area contributed by atoms with E-state index in [0.29, 0.717) is 18.8 Å². The van der Waals surface area contributed by atoms with E-state index < -0.39 is 10.0 Å². The van der Waals surface area contributed by atoms with E-state index in [-0.39, 0.29) is 35.6 Å². The van der Waals surface area contributed by atoms with Gasteiger partial charge in [0.1, 0.15) is 16.4 Å². The molecule has 1 heterocycles. The summed E-state index contributed by atoms with van der Waals surface area (Å²) >= 11 is 0. The van der Waals surface area contributed by atoms with Crippen LogP contribution >= 0.6 is 0 Å². The first-order valence-electron chi connectivity index (χ1n) is 10.7. The molecule has 0 aromatic heterocycles. The molecule has 1 aliphatic carbocycles. The first-order chi connectivity index (χ1) is 14.5. The third-order valence-electron chi connectivity index (χ3n) is 5.96. The van der Waals surface area contributed by atoms with Gasteiger partial charge in [-0.05, 0) is 25.0 Å². The molecule has 9 heteroatoms. The molecule has 0 spiro atoms. The van der Waals surface area contributed by atoms with Crippen LogP contribution in [0.25, 0.3) is 0 Å². The van der Waals surface area contributed by atoms with Gasteiger partial charge >= 0.3 is 0 Å². The Bertz CT molecular complexity index is 818. The van der Waals surface area contributed by atoms with Crippen molar-refractivity contribution in [1.82, 2.24) is 14.5 Å². The van der Waals surface area contributed by atoms with Crippen LogP contribution < -0.4 is 14.8 Å². The van der Waals surface area contributed by atoms with E-state index in [1.165, 1.54) is 24.6 Å². The molecule has 1 aromatic carbocycles. The number of piperazine rings is 1. The van der Waals surface area contributed by atoms with Crippen molar-refractivity contribution in [1.29, 1.82) is 0 Å². The number of carbonyl (C=O) groups is 1. The summed E-state index contributed by atoms with van der Waals surface area (Å²) in [5.41, 5.74) is 0. The molecule has 0 bridgehead atoms. The van der Waals surface area contributed by atoms with Crippen LogP contribution in [-0.2, 0) is 14.8 Å². The molecular formula is C21H33N3O5S. The highest BCUT2D eigenvalue weighted by molar-refractivity contribution is 7.89. The Kier molecular flexibility index (Phi) is 7.96. The Morgan fingerprint density at radius 3 is 2.47 bits per heavy atom. The van der Waals surface area contributed by atoms with E-state index in [1.807, 2.05) is 4.90 Å². The molecule has 1 N–H and O–H groups in total. The number of ether oxygens (including phenoxy) is 2. The largest absolute Gasteiger partial charge is 0.497 e. The minimum Gasteiger partial charge on any atom is -0.497 e. The van der Waals surface area contributed by atoms with Gasteiger partial charge in [-0.2, -0.15) is 4.31 Å². The average Bonchev–Trinajstić information content (AvgIpc) is 2.79. The summed E-state index contributed by atoms with van der Waals surface area (Å²) in [6.07, 6.45) is 4.92. The van der Waals surface area contributed by atoms with Gasteiger partial charge in [-0.1, -0.05) is 19.3 Å². The second kappa shape index (κ2) is 10.5. The second-order valence-corrected chi connectivity index (χ2v) is 9.66. The first kappa shape index (κ1) is 22.8. The molecule has 0 atom stereocenters. The van der Waals surface area contributed by atoms with Gasteiger partial charge in [0, 0.05) is 51.3 Å². The van der Waals surface area contributed by atoms with E-state index in [9.17, 15) is 13.2 Å². The third-order valence-corrected chi connectivity index (χ3v) is 7.93. The summed E-state index contributed by atoms with van der Waals surface area (Å²) in [7, 11) is -0.896. The Labute approximate surface area is 179 Å². The van der Waals surface area contributed by atoms with Crippen LogP contribution in [0.2, 0.25) is 0 Å². The van der Waals surface area contributed by atoms with Crippen LogP contribution in [0.3, 0.4) is 0 Å². The molecule has 1 amide bonds. The summed E-state index contributed by atoms with van der Waals surface area (Å²) in [6.45, 7) is 3.06. The Balaban J connectivity index is 1.86. The topological polar surface area (TPSA) is 88.2 Å². The molecule has 2 fully saturated rings. The number of benzene rings is 1. The van der Waals surface area contributed by atoms with Crippen LogP contribution in [0.5, 0.6) is 11.5 Å². The van der Waals surface area contributed by atoms with Crippen LogP contribution in [0.4, 0.5) is 0 Å². The zero-order valence-corrected chi connectivity index (χ0v) is 18.7. The Hall–Kier alpha value is -1.84. The smallest absolute Gasteiger partial charge is 0.247 e. The Morgan fingerprint density at radius 2 is 1.83 bits per heavy atom. The third kappa shape index (κ3) is 5.25. The van der Waals surface area contributed by atoms with E-state index in [1.54, 1.807) is 12.1 Å². The lowest BCUT2D eigenvalue weighted by atomic mass is 9.95. The number of nitrogens with zero attached hydrogens (tertiary/aromatic N) is 2. The standard InChI is InChI=1S/C21H33N3O5S/c1-28-18-8-9-19(29-2)20(16-18)30(26,27)24(17-6-4-3-5-7-17)13-10-21(25)23-14-11-22-12-15-23/h8-9,16-17,22H,3-7,10-15H2,1-2H3. The zero-order valence-electron chi connectivity index (χ0n) is 17.9. The molecule has 0 radical (unpaired) electrons. The van der Waals surface area contributed by atoms with Crippen molar-refractivity contribution < 1.29 is 22.7 Å². The number of sulfonamides is 1. The fraction of sp³-hybridized carbons (Fsp3) is 0.667. The maximum absolute atomic E-state index is 13.7. The quantitative estimate of drug-likeness (QED) is 0.665. The van der Waals surface area contributed by atoms with Crippen molar-refractivity contribution in [3.05, 3.63) is 18.2 Å². The van der Waals surface area contributed by atoms with E-state index >= 15 is 0 Å². The lowest BCUT2D eigenvalue weighted by Crippen LogP contribution is -2.48. The molecule has 8 nitrogen and oxygen atoms in total. The van der Waals surface area contributed by atoms with Crippen LogP contribution in [0.15, 0.2) is 23.1 Å². The minimum atomic E-state index is -3.86. The van der Waals surface area contributed by atoms with Gasteiger partial charge in [-0.25, -0.2) is 8.42 Å². The summed E-state index contributed by atoms with van der Waals surface area (Å²) in [5.74, 6) is 0.741. The highest BCUT2D eigenvalue weighted by Crippen LogP contribution is 2.34. The number of hydrogen-bond donors (Lipinski definition) is 1. The number of hydrogen-bond acceptors (Lipinski definition) is 6. The average molecular weight is 440 g/mol. The number of methoxy groups -OCH3 is 2. The number of nitrogens with one attached hydrogen (secondary N) is 1. The van der Waals surface area contributed by atoms with Crippen LogP contribution in [0, 0.1) is 0 Å². The van der Waals surface area contributed by atoms with Gasteiger partial charge in [0.15, 0.2) is 0 Å². The molecule has 1 saturated heterocycles. The SMILES string of the molecule is COc1ccc(OC)c(S(=O)(=O)N(CCC(=O)N2CCNCC2)C2CCCCC2)c1. The van der Waals surface area contributed by atoms with Gasteiger partial charge < -0.3 is 19.7 Å². The molecule has 2 aliphatic rings. The fourth-order valence-corrected chi connectivity index (χ4v) is 6.12. The molecular weight excluding hydrogens is 406 g/mol. The predicted octanol–water partition coefficient (Wildman–Crippen LogP) is 1.85. The zero-order chi connectivity index (χ0) is 21.6.